The van der Waals surface area contributed by atoms with Crippen LogP contribution >= 0.6 is 0 Å². The van der Waals surface area contributed by atoms with Crippen molar-refractivity contribution in [2.24, 2.45) is 0 Å². The Morgan fingerprint density at radius 3 is 2.29 bits per heavy atom. The lowest BCUT2D eigenvalue weighted by atomic mass is 10.1. The Balaban J connectivity index is 2.17. The van der Waals surface area contributed by atoms with E-state index in [4.69, 9.17) is 4.74 Å². The highest BCUT2D eigenvalue weighted by atomic mass is 16.5. The number of methoxy groups -OCH3 is 1. The van der Waals surface area contributed by atoms with Crippen molar-refractivity contribution in [3.8, 4) is 5.75 Å². The maximum absolute atomic E-state index is 5.42. The molecule has 112 valence electrons. The van der Waals surface area contributed by atoms with E-state index in [1.165, 1.54) is 16.8 Å². The molecule has 0 aliphatic rings. The SMILES string of the molecule is COc1ccc(C)cc1NC(C)c1ccc(N(C)C)cc1. The summed E-state index contributed by atoms with van der Waals surface area (Å²) in [7, 11) is 5.80. The van der Waals surface area contributed by atoms with Gasteiger partial charge in [-0.1, -0.05) is 18.2 Å². The number of aryl methyl sites for hydroxylation is 1. The molecule has 2 aromatic rings. The molecular weight excluding hydrogens is 260 g/mol. The van der Waals surface area contributed by atoms with E-state index in [1.807, 2.05) is 20.2 Å². The average molecular weight is 284 g/mol. The Morgan fingerprint density at radius 1 is 1.05 bits per heavy atom. The topological polar surface area (TPSA) is 24.5 Å². The Bertz CT molecular complexity index is 591. The fraction of sp³-hybridized carbons (Fsp3) is 0.333. The quantitative estimate of drug-likeness (QED) is 0.888. The van der Waals surface area contributed by atoms with Crippen molar-refractivity contribution < 1.29 is 4.74 Å². The minimum absolute atomic E-state index is 0.219. The van der Waals surface area contributed by atoms with Gasteiger partial charge in [0.25, 0.3) is 0 Å². The van der Waals surface area contributed by atoms with Gasteiger partial charge in [-0.05, 0) is 49.2 Å². The lowest BCUT2D eigenvalue weighted by molar-refractivity contribution is 0.416. The highest BCUT2D eigenvalue weighted by Gasteiger charge is 2.09. The summed E-state index contributed by atoms with van der Waals surface area (Å²) in [6.45, 7) is 4.24. The normalized spacial score (nSPS) is 11.9. The highest BCUT2D eigenvalue weighted by Crippen LogP contribution is 2.29. The van der Waals surface area contributed by atoms with E-state index in [2.05, 4.69) is 60.5 Å². The summed E-state index contributed by atoms with van der Waals surface area (Å²) < 4.78 is 5.42. The summed E-state index contributed by atoms with van der Waals surface area (Å²) in [6.07, 6.45) is 0. The Labute approximate surface area is 127 Å². The van der Waals surface area contributed by atoms with Gasteiger partial charge in [0.1, 0.15) is 5.75 Å². The molecule has 3 heteroatoms. The Morgan fingerprint density at radius 2 is 1.71 bits per heavy atom. The number of rotatable bonds is 5. The predicted octanol–water partition coefficient (Wildman–Crippen LogP) is 4.24. The van der Waals surface area contributed by atoms with Crippen molar-refractivity contribution in [2.75, 3.05) is 31.4 Å². The van der Waals surface area contributed by atoms with Crippen LogP contribution in [0, 0.1) is 6.92 Å². The molecule has 0 saturated heterocycles. The van der Waals surface area contributed by atoms with Crippen LogP contribution in [0.3, 0.4) is 0 Å². The summed E-state index contributed by atoms with van der Waals surface area (Å²) in [5.74, 6) is 0.873. The molecular formula is C18H24N2O. The van der Waals surface area contributed by atoms with Crippen molar-refractivity contribution >= 4 is 11.4 Å². The third kappa shape index (κ3) is 3.69. The van der Waals surface area contributed by atoms with Gasteiger partial charge in [0.2, 0.25) is 0 Å². The van der Waals surface area contributed by atoms with Gasteiger partial charge in [-0.25, -0.2) is 0 Å². The van der Waals surface area contributed by atoms with Crippen LogP contribution in [0.25, 0.3) is 0 Å². The standard InChI is InChI=1S/C18H24N2O/c1-13-6-11-18(21-5)17(12-13)19-14(2)15-7-9-16(10-8-15)20(3)4/h6-12,14,19H,1-5H3. The van der Waals surface area contributed by atoms with Crippen LogP contribution < -0.4 is 15.0 Å². The fourth-order valence-corrected chi connectivity index (χ4v) is 2.31. The number of hydrogen-bond acceptors (Lipinski definition) is 3. The molecule has 0 aliphatic carbocycles. The first-order valence-corrected chi connectivity index (χ1v) is 7.19. The van der Waals surface area contributed by atoms with Crippen molar-refractivity contribution in [2.45, 2.75) is 19.9 Å². The van der Waals surface area contributed by atoms with Crippen LogP contribution in [0.15, 0.2) is 42.5 Å². The van der Waals surface area contributed by atoms with E-state index in [0.29, 0.717) is 0 Å². The number of nitrogens with zero attached hydrogens (tertiary/aromatic N) is 1. The fourth-order valence-electron chi connectivity index (χ4n) is 2.31. The molecule has 0 aromatic heterocycles. The first-order chi connectivity index (χ1) is 10.0. The molecule has 0 heterocycles. The van der Waals surface area contributed by atoms with Gasteiger partial charge in [-0.2, -0.15) is 0 Å². The molecule has 0 radical (unpaired) electrons. The summed E-state index contributed by atoms with van der Waals surface area (Å²) >= 11 is 0. The van der Waals surface area contributed by atoms with E-state index >= 15 is 0 Å². The molecule has 2 aromatic carbocycles. The minimum Gasteiger partial charge on any atom is -0.495 e. The monoisotopic (exact) mass is 284 g/mol. The molecule has 3 nitrogen and oxygen atoms in total. The van der Waals surface area contributed by atoms with E-state index in [-0.39, 0.29) is 6.04 Å². The Hall–Kier alpha value is -2.16. The molecule has 0 fully saturated rings. The van der Waals surface area contributed by atoms with Crippen LogP contribution in [0.2, 0.25) is 0 Å². The molecule has 1 N–H and O–H groups in total. The lowest BCUT2D eigenvalue weighted by Gasteiger charge is -2.19. The molecule has 1 atom stereocenters. The van der Waals surface area contributed by atoms with E-state index in [1.54, 1.807) is 7.11 Å². The van der Waals surface area contributed by atoms with Crippen molar-refractivity contribution in [1.29, 1.82) is 0 Å². The molecule has 2 rings (SSSR count). The smallest absolute Gasteiger partial charge is 0.141 e. The van der Waals surface area contributed by atoms with Crippen LogP contribution in [-0.4, -0.2) is 21.2 Å². The van der Waals surface area contributed by atoms with Gasteiger partial charge in [0, 0.05) is 25.8 Å². The zero-order valence-electron chi connectivity index (χ0n) is 13.5. The number of nitrogens with one attached hydrogen (secondary N) is 1. The van der Waals surface area contributed by atoms with E-state index < -0.39 is 0 Å². The van der Waals surface area contributed by atoms with Gasteiger partial charge >= 0.3 is 0 Å². The van der Waals surface area contributed by atoms with Gasteiger partial charge in [0.05, 0.1) is 12.8 Å². The van der Waals surface area contributed by atoms with Crippen LogP contribution in [0.1, 0.15) is 24.1 Å². The first-order valence-electron chi connectivity index (χ1n) is 7.19. The van der Waals surface area contributed by atoms with Gasteiger partial charge in [-0.3, -0.25) is 0 Å². The maximum Gasteiger partial charge on any atom is 0.141 e. The lowest BCUT2D eigenvalue weighted by Crippen LogP contribution is -2.10. The van der Waals surface area contributed by atoms with E-state index in [9.17, 15) is 0 Å². The average Bonchev–Trinajstić information content (AvgIpc) is 2.47. The number of anilines is 2. The second-order valence-electron chi connectivity index (χ2n) is 5.56. The number of benzene rings is 2. The minimum atomic E-state index is 0.219. The summed E-state index contributed by atoms with van der Waals surface area (Å²) in [4.78, 5) is 2.10. The zero-order chi connectivity index (χ0) is 15.4. The second kappa shape index (κ2) is 6.53. The van der Waals surface area contributed by atoms with Crippen LogP contribution in [0.5, 0.6) is 5.75 Å². The molecule has 0 saturated carbocycles. The number of hydrogen-bond donors (Lipinski definition) is 1. The van der Waals surface area contributed by atoms with E-state index in [0.717, 1.165) is 11.4 Å². The maximum atomic E-state index is 5.42. The molecule has 0 spiro atoms. The molecule has 21 heavy (non-hydrogen) atoms. The van der Waals surface area contributed by atoms with Crippen LogP contribution in [-0.2, 0) is 0 Å². The molecule has 0 amide bonds. The van der Waals surface area contributed by atoms with Gasteiger partial charge in [-0.15, -0.1) is 0 Å². The van der Waals surface area contributed by atoms with Crippen molar-refractivity contribution in [1.82, 2.24) is 0 Å². The molecule has 1 unspecified atom stereocenters. The van der Waals surface area contributed by atoms with Crippen LogP contribution in [0.4, 0.5) is 11.4 Å². The summed E-state index contributed by atoms with van der Waals surface area (Å²) in [6, 6.07) is 15.0. The molecule has 0 aliphatic heterocycles. The summed E-state index contributed by atoms with van der Waals surface area (Å²) in [5.41, 5.74) is 4.71. The summed E-state index contributed by atoms with van der Waals surface area (Å²) in [5, 5.41) is 3.53. The van der Waals surface area contributed by atoms with Crippen molar-refractivity contribution in [3.63, 3.8) is 0 Å². The zero-order valence-corrected chi connectivity index (χ0v) is 13.5. The first kappa shape index (κ1) is 15.2. The van der Waals surface area contributed by atoms with Gasteiger partial charge in [0.15, 0.2) is 0 Å². The highest BCUT2D eigenvalue weighted by molar-refractivity contribution is 5.59. The number of ether oxygens (including phenoxy) is 1. The van der Waals surface area contributed by atoms with Crippen molar-refractivity contribution in [3.05, 3.63) is 53.6 Å². The largest absolute Gasteiger partial charge is 0.495 e. The predicted molar refractivity (Wildman–Crippen MR) is 90.5 cm³/mol. The third-order valence-corrected chi connectivity index (χ3v) is 3.64. The Kier molecular flexibility index (Phi) is 4.73. The third-order valence-electron chi connectivity index (χ3n) is 3.64. The van der Waals surface area contributed by atoms with Gasteiger partial charge < -0.3 is 15.0 Å². The second-order valence-corrected chi connectivity index (χ2v) is 5.56. The molecule has 0 bridgehead atoms.